The maximum Gasteiger partial charge on any atom is 0.151 e. The zero-order valence-corrected chi connectivity index (χ0v) is 13.7. The van der Waals surface area contributed by atoms with Gasteiger partial charge in [-0.1, -0.05) is 29.8 Å². The standard InChI is InChI=1S/C16H18ClNO3S/c17-16-6-2-1-4-13(16)10-18(11-15-5-3-8-21-15)14-7-9-22(19,20)12-14/h1-6,8,14H,7,9-12H2/t14-/m1/s1. The Morgan fingerprint density at radius 1 is 1.18 bits per heavy atom. The molecule has 0 radical (unpaired) electrons. The maximum absolute atomic E-state index is 11.8. The second-order valence-corrected chi connectivity index (χ2v) is 8.27. The molecule has 22 heavy (non-hydrogen) atoms. The third kappa shape index (κ3) is 3.72. The molecular weight excluding hydrogens is 322 g/mol. The van der Waals surface area contributed by atoms with Gasteiger partial charge in [0.1, 0.15) is 5.76 Å². The summed E-state index contributed by atoms with van der Waals surface area (Å²) in [4.78, 5) is 2.14. The number of rotatable bonds is 5. The molecule has 2 aromatic rings. The molecule has 1 aliphatic heterocycles. The zero-order chi connectivity index (χ0) is 15.6. The minimum absolute atomic E-state index is 0.00590. The van der Waals surface area contributed by atoms with Crippen LogP contribution in [0.3, 0.4) is 0 Å². The molecule has 6 heteroatoms. The number of hydrogen-bond acceptors (Lipinski definition) is 4. The molecule has 118 valence electrons. The molecule has 1 aromatic carbocycles. The van der Waals surface area contributed by atoms with Crippen molar-refractivity contribution < 1.29 is 12.8 Å². The van der Waals surface area contributed by atoms with E-state index in [-0.39, 0.29) is 17.5 Å². The summed E-state index contributed by atoms with van der Waals surface area (Å²) in [6, 6.07) is 11.4. The predicted octanol–water partition coefficient (Wildman–Crippen LogP) is 3.12. The lowest BCUT2D eigenvalue weighted by atomic mass is 10.1. The molecule has 0 N–H and O–H groups in total. The molecule has 1 saturated heterocycles. The van der Waals surface area contributed by atoms with Crippen LogP contribution >= 0.6 is 11.6 Å². The van der Waals surface area contributed by atoms with Crippen LogP contribution in [-0.2, 0) is 22.9 Å². The molecule has 0 amide bonds. The second kappa shape index (κ2) is 6.44. The van der Waals surface area contributed by atoms with Crippen molar-refractivity contribution in [3.05, 3.63) is 59.0 Å². The van der Waals surface area contributed by atoms with E-state index in [0.717, 1.165) is 11.3 Å². The van der Waals surface area contributed by atoms with Gasteiger partial charge in [-0.2, -0.15) is 0 Å². The number of hydrogen-bond donors (Lipinski definition) is 0. The number of furan rings is 1. The van der Waals surface area contributed by atoms with Crippen LogP contribution in [0.5, 0.6) is 0 Å². The molecule has 3 rings (SSSR count). The summed E-state index contributed by atoms with van der Waals surface area (Å²) in [5.41, 5.74) is 1.00. The minimum atomic E-state index is -2.93. The van der Waals surface area contributed by atoms with Gasteiger partial charge in [0.05, 0.1) is 24.3 Å². The van der Waals surface area contributed by atoms with Crippen molar-refractivity contribution in [2.45, 2.75) is 25.6 Å². The molecule has 0 aliphatic carbocycles. The Bertz CT molecular complexity index is 728. The Labute approximate surface area is 135 Å². The Morgan fingerprint density at radius 2 is 2.00 bits per heavy atom. The fourth-order valence-corrected chi connectivity index (χ4v) is 4.78. The highest BCUT2D eigenvalue weighted by atomic mass is 35.5. The number of sulfone groups is 1. The summed E-state index contributed by atoms with van der Waals surface area (Å²) >= 11 is 6.24. The first-order valence-electron chi connectivity index (χ1n) is 7.24. The molecule has 4 nitrogen and oxygen atoms in total. The Hall–Kier alpha value is -1.30. The van der Waals surface area contributed by atoms with Gasteiger partial charge in [-0.15, -0.1) is 0 Å². The summed E-state index contributed by atoms with van der Waals surface area (Å²) in [5.74, 6) is 1.30. The maximum atomic E-state index is 11.8. The lowest BCUT2D eigenvalue weighted by Gasteiger charge is -2.27. The van der Waals surface area contributed by atoms with Crippen LogP contribution in [0, 0.1) is 0 Å². The summed E-state index contributed by atoms with van der Waals surface area (Å²) in [5, 5.41) is 0.702. The summed E-state index contributed by atoms with van der Waals surface area (Å²) in [6.07, 6.45) is 2.29. The highest BCUT2D eigenvalue weighted by Gasteiger charge is 2.32. The number of nitrogens with zero attached hydrogens (tertiary/aromatic N) is 1. The van der Waals surface area contributed by atoms with Crippen molar-refractivity contribution in [3.8, 4) is 0 Å². The Kier molecular flexibility index (Phi) is 4.57. The Balaban J connectivity index is 1.81. The smallest absolute Gasteiger partial charge is 0.151 e. The first kappa shape index (κ1) is 15.6. The van der Waals surface area contributed by atoms with Crippen molar-refractivity contribution in [1.82, 2.24) is 4.90 Å². The van der Waals surface area contributed by atoms with E-state index in [4.69, 9.17) is 16.0 Å². The summed E-state index contributed by atoms with van der Waals surface area (Å²) < 4.78 is 29.0. The molecule has 1 atom stereocenters. The van der Waals surface area contributed by atoms with E-state index in [1.807, 2.05) is 36.4 Å². The van der Waals surface area contributed by atoms with Gasteiger partial charge >= 0.3 is 0 Å². The van der Waals surface area contributed by atoms with Gasteiger partial charge in [0.2, 0.25) is 0 Å². The van der Waals surface area contributed by atoms with Crippen molar-refractivity contribution in [3.63, 3.8) is 0 Å². The van der Waals surface area contributed by atoms with Crippen LogP contribution in [0.25, 0.3) is 0 Å². The van der Waals surface area contributed by atoms with Crippen LogP contribution in [0.1, 0.15) is 17.7 Å². The van der Waals surface area contributed by atoms with E-state index in [1.165, 1.54) is 0 Å². The third-order valence-corrected chi connectivity index (χ3v) is 6.11. The second-order valence-electron chi connectivity index (χ2n) is 5.63. The van der Waals surface area contributed by atoms with Crippen molar-refractivity contribution in [2.24, 2.45) is 0 Å². The van der Waals surface area contributed by atoms with Gasteiger partial charge in [0, 0.05) is 17.6 Å². The lowest BCUT2D eigenvalue weighted by Crippen LogP contribution is -2.35. The number of halogens is 1. The first-order chi connectivity index (χ1) is 10.5. The molecule has 1 aliphatic rings. The van der Waals surface area contributed by atoms with E-state index >= 15 is 0 Å². The van der Waals surface area contributed by atoms with E-state index < -0.39 is 9.84 Å². The first-order valence-corrected chi connectivity index (χ1v) is 9.44. The normalized spacial score (nSPS) is 20.5. The fourth-order valence-electron chi connectivity index (χ4n) is 2.83. The SMILES string of the molecule is O=S1(=O)CC[C@@H](N(Cc2ccco2)Cc2ccccc2Cl)C1. The van der Waals surface area contributed by atoms with Crippen molar-refractivity contribution in [2.75, 3.05) is 11.5 Å². The largest absolute Gasteiger partial charge is 0.468 e. The summed E-state index contributed by atoms with van der Waals surface area (Å²) in [7, 11) is -2.93. The number of benzene rings is 1. The monoisotopic (exact) mass is 339 g/mol. The van der Waals surface area contributed by atoms with E-state index in [0.29, 0.717) is 24.5 Å². The fraction of sp³-hybridized carbons (Fsp3) is 0.375. The molecule has 1 aromatic heterocycles. The molecule has 0 spiro atoms. The molecule has 0 bridgehead atoms. The third-order valence-electron chi connectivity index (χ3n) is 4.00. The lowest BCUT2D eigenvalue weighted by molar-refractivity contribution is 0.179. The van der Waals surface area contributed by atoms with Gasteiger partial charge in [-0.25, -0.2) is 8.42 Å². The quantitative estimate of drug-likeness (QED) is 0.839. The van der Waals surface area contributed by atoms with E-state index in [9.17, 15) is 8.42 Å². The van der Waals surface area contributed by atoms with Crippen LogP contribution in [0.15, 0.2) is 47.1 Å². The van der Waals surface area contributed by atoms with Gasteiger partial charge < -0.3 is 4.42 Å². The summed E-state index contributed by atoms with van der Waals surface area (Å²) in [6.45, 7) is 1.19. The van der Waals surface area contributed by atoms with Gasteiger partial charge in [-0.05, 0) is 30.2 Å². The van der Waals surface area contributed by atoms with Gasteiger partial charge in [-0.3, -0.25) is 4.90 Å². The van der Waals surface area contributed by atoms with Crippen LogP contribution in [0.4, 0.5) is 0 Å². The zero-order valence-electron chi connectivity index (χ0n) is 12.1. The van der Waals surface area contributed by atoms with Crippen LogP contribution in [-0.4, -0.2) is 30.9 Å². The van der Waals surface area contributed by atoms with Crippen LogP contribution in [0.2, 0.25) is 5.02 Å². The highest BCUT2D eigenvalue weighted by Crippen LogP contribution is 2.25. The Morgan fingerprint density at radius 3 is 2.64 bits per heavy atom. The van der Waals surface area contributed by atoms with Crippen LogP contribution < -0.4 is 0 Å². The average molecular weight is 340 g/mol. The molecule has 1 fully saturated rings. The highest BCUT2D eigenvalue weighted by molar-refractivity contribution is 7.91. The van der Waals surface area contributed by atoms with Crippen molar-refractivity contribution in [1.29, 1.82) is 0 Å². The topological polar surface area (TPSA) is 50.5 Å². The molecular formula is C16H18ClNO3S. The average Bonchev–Trinajstić information content (AvgIpc) is 3.10. The van der Waals surface area contributed by atoms with Gasteiger partial charge in [0.15, 0.2) is 9.84 Å². The molecule has 2 heterocycles. The van der Waals surface area contributed by atoms with Crippen molar-refractivity contribution >= 4 is 21.4 Å². The predicted molar refractivity (Wildman–Crippen MR) is 86.5 cm³/mol. The minimum Gasteiger partial charge on any atom is -0.468 e. The molecule has 0 saturated carbocycles. The molecule has 0 unspecified atom stereocenters. The van der Waals surface area contributed by atoms with E-state index in [1.54, 1.807) is 6.26 Å². The van der Waals surface area contributed by atoms with E-state index in [2.05, 4.69) is 4.90 Å². The van der Waals surface area contributed by atoms with Gasteiger partial charge in [0.25, 0.3) is 0 Å².